The van der Waals surface area contributed by atoms with E-state index in [9.17, 15) is 0 Å². The number of fused-ring (bicyclic) bond motifs is 1. The minimum absolute atomic E-state index is 0.0951. The number of aromatic amines is 1. The van der Waals surface area contributed by atoms with E-state index in [2.05, 4.69) is 33.8 Å². The minimum atomic E-state index is 0.0951. The lowest BCUT2D eigenvalue weighted by Gasteiger charge is -2.26. The fraction of sp³-hybridized carbons (Fsp3) is 0.500. The lowest BCUT2D eigenvalue weighted by atomic mass is 10.3. The van der Waals surface area contributed by atoms with E-state index in [1.807, 2.05) is 4.90 Å². The van der Waals surface area contributed by atoms with Crippen LogP contribution in [0.15, 0.2) is 12.7 Å². The Morgan fingerprint density at radius 3 is 2.88 bits per heavy atom. The monoisotopic (exact) mass is 221 g/mol. The Kier molecular flexibility index (Phi) is 3.00. The molecule has 6 nitrogen and oxygen atoms in total. The van der Waals surface area contributed by atoms with Crippen molar-refractivity contribution >= 4 is 17.0 Å². The third-order valence-corrected chi connectivity index (χ3v) is 2.44. The molecule has 0 saturated carbocycles. The number of H-pyrrole nitrogens is 1. The molecule has 2 heterocycles. The van der Waals surface area contributed by atoms with Gasteiger partial charge in [0.2, 0.25) is 0 Å². The Hall–Kier alpha value is -1.69. The van der Waals surface area contributed by atoms with E-state index in [0.29, 0.717) is 12.2 Å². The zero-order valence-corrected chi connectivity index (χ0v) is 9.38. The summed E-state index contributed by atoms with van der Waals surface area (Å²) in [6, 6.07) is 0.258. The largest absolute Gasteiger partial charge is 0.395 e. The van der Waals surface area contributed by atoms with E-state index in [-0.39, 0.29) is 12.6 Å². The molecule has 0 aliphatic heterocycles. The van der Waals surface area contributed by atoms with Crippen molar-refractivity contribution in [1.82, 2.24) is 19.9 Å². The molecular weight excluding hydrogens is 206 g/mol. The lowest BCUT2D eigenvalue weighted by Crippen LogP contribution is -2.34. The molecule has 0 aliphatic carbocycles. The van der Waals surface area contributed by atoms with Gasteiger partial charge in [-0.1, -0.05) is 0 Å². The van der Waals surface area contributed by atoms with Gasteiger partial charge in [0.25, 0.3) is 0 Å². The van der Waals surface area contributed by atoms with Crippen LogP contribution in [0.5, 0.6) is 0 Å². The second kappa shape index (κ2) is 4.44. The normalized spacial score (nSPS) is 11.2. The molecule has 2 rings (SSSR count). The number of hydrogen-bond acceptors (Lipinski definition) is 5. The van der Waals surface area contributed by atoms with Gasteiger partial charge in [-0.25, -0.2) is 15.0 Å². The third kappa shape index (κ3) is 1.83. The van der Waals surface area contributed by atoms with E-state index in [1.165, 1.54) is 6.33 Å². The van der Waals surface area contributed by atoms with Crippen LogP contribution in [0.3, 0.4) is 0 Å². The van der Waals surface area contributed by atoms with Crippen LogP contribution in [0.4, 0.5) is 5.82 Å². The summed E-state index contributed by atoms with van der Waals surface area (Å²) in [4.78, 5) is 17.4. The lowest BCUT2D eigenvalue weighted by molar-refractivity contribution is 0.298. The summed E-state index contributed by atoms with van der Waals surface area (Å²) >= 11 is 0. The fourth-order valence-corrected chi connectivity index (χ4v) is 1.69. The maximum Gasteiger partial charge on any atom is 0.182 e. The predicted molar refractivity (Wildman–Crippen MR) is 61.3 cm³/mol. The maximum atomic E-state index is 9.06. The molecule has 16 heavy (non-hydrogen) atoms. The average Bonchev–Trinajstić information content (AvgIpc) is 2.73. The van der Waals surface area contributed by atoms with Gasteiger partial charge in [0, 0.05) is 12.6 Å². The van der Waals surface area contributed by atoms with Crippen molar-refractivity contribution in [2.45, 2.75) is 19.9 Å². The molecule has 2 aromatic rings. The van der Waals surface area contributed by atoms with Crippen molar-refractivity contribution in [2.24, 2.45) is 0 Å². The van der Waals surface area contributed by atoms with Gasteiger partial charge >= 0.3 is 0 Å². The second-order valence-electron chi connectivity index (χ2n) is 3.81. The van der Waals surface area contributed by atoms with Gasteiger partial charge in [-0.15, -0.1) is 0 Å². The smallest absolute Gasteiger partial charge is 0.182 e. The van der Waals surface area contributed by atoms with Gasteiger partial charge in [-0.2, -0.15) is 0 Å². The van der Waals surface area contributed by atoms with Gasteiger partial charge in [0.05, 0.1) is 12.9 Å². The standard InChI is InChI=1S/C10H15N5O/c1-7(2)15(3-4-16)10-8-9(12-5-11-8)13-6-14-10/h5-7,16H,3-4H2,1-2H3,(H,11,12,13,14). The van der Waals surface area contributed by atoms with Gasteiger partial charge in [-0.3, -0.25) is 0 Å². The highest BCUT2D eigenvalue weighted by Crippen LogP contribution is 2.20. The molecule has 0 radical (unpaired) electrons. The van der Waals surface area contributed by atoms with Gasteiger partial charge in [0.15, 0.2) is 11.5 Å². The number of aliphatic hydroxyl groups excluding tert-OH is 1. The molecule has 0 amide bonds. The summed E-state index contributed by atoms with van der Waals surface area (Å²) in [7, 11) is 0. The quantitative estimate of drug-likeness (QED) is 0.788. The van der Waals surface area contributed by atoms with E-state index < -0.39 is 0 Å². The van der Waals surface area contributed by atoms with E-state index in [1.54, 1.807) is 6.33 Å². The van der Waals surface area contributed by atoms with Crippen LogP contribution >= 0.6 is 0 Å². The topological polar surface area (TPSA) is 77.9 Å². The SMILES string of the molecule is CC(C)N(CCO)c1ncnc2nc[nH]c12. The highest BCUT2D eigenvalue weighted by molar-refractivity contribution is 5.82. The van der Waals surface area contributed by atoms with E-state index in [4.69, 9.17) is 5.11 Å². The number of nitrogens with one attached hydrogen (secondary N) is 1. The zero-order valence-electron chi connectivity index (χ0n) is 9.38. The average molecular weight is 221 g/mol. The van der Waals surface area contributed by atoms with E-state index >= 15 is 0 Å². The van der Waals surface area contributed by atoms with Crippen molar-refractivity contribution in [1.29, 1.82) is 0 Å². The number of rotatable bonds is 4. The molecule has 0 fully saturated rings. The Balaban J connectivity index is 2.47. The third-order valence-electron chi connectivity index (χ3n) is 2.44. The second-order valence-corrected chi connectivity index (χ2v) is 3.81. The Labute approximate surface area is 93.4 Å². The molecule has 86 valence electrons. The molecule has 2 aromatic heterocycles. The van der Waals surface area contributed by atoms with Crippen molar-refractivity contribution in [3.05, 3.63) is 12.7 Å². The first-order chi connectivity index (χ1) is 7.74. The van der Waals surface area contributed by atoms with Crippen molar-refractivity contribution in [3.63, 3.8) is 0 Å². The van der Waals surface area contributed by atoms with Crippen molar-refractivity contribution < 1.29 is 5.11 Å². The predicted octanol–water partition coefficient (Wildman–Crippen LogP) is 0.560. The van der Waals surface area contributed by atoms with Crippen LogP contribution < -0.4 is 4.90 Å². The first kappa shape index (κ1) is 10.8. The molecule has 0 saturated heterocycles. The summed E-state index contributed by atoms with van der Waals surface area (Å²) < 4.78 is 0. The molecular formula is C10H15N5O. The van der Waals surface area contributed by atoms with Crippen LogP contribution in [0.25, 0.3) is 11.2 Å². The van der Waals surface area contributed by atoms with Gasteiger partial charge in [0.1, 0.15) is 11.8 Å². The van der Waals surface area contributed by atoms with Crippen LogP contribution in [0.1, 0.15) is 13.8 Å². The summed E-state index contributed by atoms with van der Waals surface area (Å²) in [6.07, 6.45) is 3.09. The molecule has 6 heteroatoms. The Morgan fingerprint density at radius 1 is 1.38 bits per heavy atom. The zero-order chi connectivity index (χ0) is 11.5. The molecule has 0 unspecified atom stereocenters. The molecule has 2 N–H and O–H groups in total. The molecule has 0 aliphatic rings. The Bertz CT molecular complexity index is 467. The van der Waals surface area contributed by atoms with Crippen molar-refractivity contribution in [2.75, 3.05) is 18.1 Å². The highest BCUT2D eigenvalue weighted by Gasteiger charge is 2.15. The minimum Gasteiger partial charge on any atom is -0.395 e. The number of nitrogens with zero attached hydrogens (tertiary/aromatic N) is 4. The van der Waals surface area contributed by atoms with Crippen LogP contribution in [-0.4, -0.2) is 44.2 Å². The Morgan fingerprint density at radius 2 is 2.19 bits per heavy atom. The first-order valence-electron chi connectivity index (χ1n) is 5.25. The summed E-state index contributed by atoms with van der Waals surface area (Å²) in [5.41, 5.74) is 1.46. The van der Waals surface area contributed by atoms with Crippen LogP contribution in [0.2, 0.25) is 0 Å². The highest BCUT2D eigenvalue weighted by atomic mass is 16.3. The first-order valence-corrected chi connectivity index (χ1v) is 5.25. The van der Waals surface area contributed by atoms with Crippen LogP contribution in [0, 0.1) is 0 Å². The molecule has 0 bridgehead atoms. The molecule has 0 spiro atoms. The summed E-state index contributed by atoms with van der Waals surface area (Å²) in [5, 5.41) is 9.06. The number of hydrogen-bond donors (Lipinski definition) is 2. The number of aromatic nitrogens is 4. The maximum absolute atomic E-state index is 9.06. The fourth-order valence-electron chi connectivity index (χ4n) is 1.69. The van der Waals surface area contributed by atoms with Gasteiger partial charge in [-0.05, 0) is 13.8 Å². The number of anilines is 1. The van der Waals surface area contributed by atoms with Crippen molar-refractivity contribution in [3.8, 4) is 0 Å². The summed E-state index contributed by atoms with van der Waals surface area (Å²) in [6.45, 7) is 4.75. The molecule has 0 atom stereocenters. The molecule has 0 aromatic carbocycles. The van der Waals surface area contributed by atoms with Gasteiger partial charge < -0.3 is 15.0 Å². The number of imidazole rings is 1. The van der Waals surface area contributed by atoms with Crippen LogP contribution in [-0.2, 0) is 0 Å². The summed E-state index contributed by atoms with van der Waals surface area (Å²) in [5.74, 6) is 0.784. The number of aliphatic hydroxyl groups is 1. The van der Waals surface area contributed by atoms with E-state index in [0.717, 1.165) is 11.3 Å².